The molecule has 0 bridgehead atoms. The number of hydrogen-bond acceptors (Lipinski definition) is 1. The standard InChI is InChI=1S/C10H9ClF2O/c1-7(14)6-10(12,13)8-4-2-3-5-9(8)11/h2-5H,6H2,1H3. The minimum absolute atomic E-state index is 0.0150. The van der Waals surface area contributed by atoms with Gasteiger partial charge in [-0.25, -0.2) is 8.78 Å². The summed E-state index contributed by atoms with van der Waals surface area (Å²) in [7, 11) is 0. The Morgan fingerprint density at radius 1 is 1.43 bits per heavy atom. The van der Waals surface area contributed by atoms with Crippen molar-refractivity contribution in [2.75, 3.05) is 0 Å². The molecule has 0 atom stereocenters. The van der Waals surface area contributed by atoms with Gasteiger partial charge in [-0.2, -0.15) is 0 Å². The Morgan fingerprint density at radius 3 is 2.50 bits per heavy atom. The second-order valence-electron chi connectivity index (χ2n) is 3.06. The Morgan fingerprint density at radius 2 is 2.00 bits per heavy atom. The molecule has 0 aliphatic rings. The summed E-state index contributed by atoms with van der Waals surface area (Å²) >= 11 is 5.60. The van der Waals surface area contributed by atoms with Gasteiger partial charge in [0, 0.05) is 10.6 Å². The molecule has 0 amide bonds. The molecular weight excluding hydrogens is 210 g/mol. The van der Waals surface area contributed by atoms with Crippen LogP contribution in [-0.2, 0) is 10.7 Å². The van der Waals surface area contributed by atoms with Crippen LogP contribution in [0.15, 0.2) is 24.3 Å². The summed E-state index contributed by atoms with van der Waals surface area (Å²) in [5, 5.41) is -0.0150. The number of halogens is 3. The molecule has 0 unspecified atom stereocenters. The van der Waals surface area contributed by atoms with Gasteiger partial charge in [-0.05, 0) is 13.0 Å². The average Bonchev–Trinajstić information content (AvgIpc) is 2.02. The average molecular weight is 219 g/mol. The second kappa shape index (κ2) is 4.05. The SMILES string of the molecule is CC(=O)CC(F)(F)c1ccccc1Cl. The predicted octanol–water partition coefficient (Wildman–Crippen LogP) is 3.41. The van der Waals surface area contributed by atoms with Crippen molar-refractivity contribution in [1.82, 2.24) is 0 Å². The molecule has 1 rings (SSSR count). The van der Waals surface area contributed by atoms with Crippen LogP contribution in [0.4, 0.5) is 8.78 Å². The molecule has 0 spiro atoms. The fraction of sp³-hybridized carbons (Fsp3) is 0.300. The molecule has 76 valence electrons. The minimum Gasteiger partial charge on any atom is -0.300 e. The maximum absolute atomic E-state index is 13.4. The van der Waals surface area contributed by atoms with E-state index in [1.165, 1.54) is 18.2 Å². The van der Waals surface area contributed by atoms with Gasteiger partial charge in [0.15, 0.2) is 0 Å². The fourth-order valence-electron chi connectivity index (χ4n) is 1.17. The first kappa shape index (κ1) is 11.1. The smallest absolute Gasteiger partial charge is 0.281 e. The number of Topliss-reactive ketones (excluding diaryl/α,β-unsaturated/α-hetero) is 1. The molecule has 1 aromatic carbocycles. The summed E-state index contributed by atoms with van der Waals surface area (Å²) in [6.07, 6.45) is -0.809. The monoisotopic (exact) mass is 218 g/mol. The molecule has 4 heteroatoms. The Hall–Kier alpha value is -0.960. The minimum atomic E-state index is -3.18. The molecular formula is C10H9ClF2O. The summed E-state index contributed by atoms with van der Waals surface area (Å²) in [6.45, 7) is 1.13. The van der Waals surface area contributed by atoms with E-state index in [0.717, 1.165) is 6.92 Å². The number of rotatable bonds is 3. The van der Waals surface area contributed by atoms with Crippen molar-refractivity contribution < 1.29 is 13.6 Å². The summed E-state index contributed by atoms with van der Waals surface area (Å²) in [6, 6.07) is 5.64. The highest BCUT2D eigenvalue weighted by atomic mass is 35.5. The Bertz CT molecular complexity index is 350. The Labute approximate surface area is 85.7 Å². The van der Waals surface area contributed by atoms with Crippen molar-refractivity contribution in [3.05, 3.63) is 34.9 Å². The molecule has 1 nitrogen and oxygen atoms in total. The predicted molar refractivity (Wildman–Crippen MR) is 50.6 cm³/mol. The van der Waals surface area contributed by atoms with E-state index in [2.05, 4.69) is 0 Å². The van der Waals surface area contributed by atoms with Crippen molar-refractivity contribution in [3.8, 4) is 0 Å². The Balaban J connectivity index is 3.03. The van der Waals surface area contributed by atoms with Gasteiger partial charge in [0.1, 0.15) is 5.78 Å². The van der Waals surface area contributed by atoms with Crippen molar-refractivity contribution >= 4 is 17.4 Å². The van der Waals surface area contributed by atoms with Gasteiger partial charge in [0.25, 0.3) is 5.92 Å². The van der Waals surface area contributed by atoms with Gasteiger partial charge < -0.3 is 0 Å². The number of carbonyl (C=O) groups excluding carboxylic acids is 1. The van der Waals surface area contributed by atoms with E-state index in [1.807, 2.05) is 0 Å². The zero-order chi connectivity index (χ0) is 10.8. The third-order valence-electron chi connectivity index (χ3n) is 1.74. The molecule has 0 fully saturated rings. The number of alkyl halides is 2. The van der Waals surface area contributed by atoms with E-state index in [-0.39, 0.29) is 10.6 Å². The summed E-state index contributed by atoms with van der Waals surface area (Å²) < 4.78 is 26.7. The van der Waals surface area contributed by atoms with Gasteiger partial charge in [-0.3, -0.25) is 4.79 Å². The molecule has 0 heterocycles. The van der Waals surface area contributed by atoms with Crippen molar-refractivity contribution in [3.63, 3.8) is 0 Å². The van der Waals surface area contributed by atoms with Gasteiger partial charge in [0.2, 0.25) is 0 Å². The van der Waals surface area contributed by atoms with Crippen LogP contribution >= 0.6 is 11.6 Å². The van der Waals surface area contributed by atoms with E-state index in [0.29, 0.717) is 0 Å². The summed E-state index contributed by atoms with van der Waals surface area (Å²) in [5.74, 6) is -3.74. The van der Waals surface area contributed by atoms with Gasteiger partial charge >= 0.3 is 0 Å². The van der Waals surface area contributed by atoms with Crippen LogP contribution < -0.4 is 0 Å². The van der Waals surface area contributed by atoms with Gasteiger partial charge in [-0.1, -0.05) is 29.8 Å². The van der Waals surface area contributed by atoms with Crippen LogP contribution in [0.25, 0.3) is 0 Å². The fourth-order valence-corrected chi connectivity index (χ4v) is 1.44. The van der Waals surface area contributed by atoms with Crippen LogP contribution in [0.2, 0.25) is 5.02 Å². The van der Waals surface area contributed by atoms with Crippen LogP contribution in [-0.4, -0.2) is 5.78 Å². The Kier molecular flexibility index (Phi) is 3.21. The molecule has 0 aromatic heterocycles. The normalized spacial score (nSPS) is 11.4. The topological polar surface area (TPSA) is 17.1 Å². The first-order valence-corrected chi connectivity index (χ1v) is 4.43. The van der Waals surface area contributed by atoms with E-state index in [9.17, 15) is 13.6 Å². The highest BCUT2D eigenvalue weighted by Crippen LogP contribution is 2.36. The van der Waals surface area contributed by atoms with E-state index >= 15 is 0 Å². The van der Waals surface area contributed by atoms with Crippen molar-refractivity contribution in [1.29, 1.82) is 0 Å². The molecule has 0 saturated carbocycles. The number of benzene rings is 1. The summed E-state index contributed by atoms with van der Waals surface area (Å²) in [5.41, 5.74) is -0.295. The number of hydrogen-bond donors (Lipinski definition) is 0. The quantitative estimate of drug-likeness (QED) is 0.760. The van der Waals surface area contributed by atoms with Crippen molar-refractivity contribution in [2.45, 2.75) is 19.3 Å². The zero-order valence-corrected chi connectivity index (χ0v) is 8.31. The van der Waals surface area contributed by atoms with Crippen LogP contribution in [0.5, 0.6) is 0 Å². The first-order valence-electron chi connectivity index (χ1n) is 4.06. The molecule has 0 N–H and O–H groups in total. The van der Waals surface area contributed by atoms with Crippen molar-refractivity contribution in [2.24, 2.45) is 0 Å². The van der Waals surface area contributed by atoms with Gasteiger partial charge in [-0.15, -0.1) is 0 Å². The van der Waals surface area contributed by atoms with E-state index < -0.39 is 18.1 Å². The van der Waals surface area contributed by atoms with E-state index in [1.54, 1.807) is 6.07 Å². The maximum Gasteiger partial charge on any atom is 0.281 e. The molecule has 1 aromatic rings. The van der Waals surface area contributed by atoms with Crippen LogP contribution in [0.3, 0.4) is 0 Å². The lowest BCUT2D eigenvalue weighted by Crippen LogP contribution is -2.17. The highest BCUT2D eigenvalue weighted by Gasteiger charge is 2.34. The maximum atomic E-state index is 13.4. The molecule has 0 saturated heterocycles. The van der Waals surface area contributed by atoms with Crippen LogP contribution in [0.1, 0.15) is 18.9 Å². The lowest BCUT2D eigenvalue weighted by atomic mass is 10.0. The molecule has 0 radical (unpaired) electrons. The van der Waals surface area contributed by atoms with Gasteiger partial charge in [0.05, 0.1) is 6.42 Å². The lowest BCUT2D eigenvalue weighted by molar-refractivity contribution is -0.124. The zero-order valence-electron chi connectivity index (χ0n) is 7.56. The number of carbonyl (C=O) groups is 1. The first-order chi connectivity index (χ1) is 6.43. The highest BCUT2D eigenvalue weighted by molar-refractivity contribution is 6.31. The van der Waals surface area contributed by atoms with E-state index in [4.69, 9.17) is 11.6 Å². The second-order valence-corrected chi connectivity index (χ2v) is 3.47. The summed E-state index contributed by atoms with van der Waals surface area (Å²) in [4.78, 5) is 10.6. The van der Waals surface area contributed by atoms with Crippen LogP contribution in [0, 0.1) is 0 Å². The molecule has 0 aliphatic carbocycles. The molecule has 14 heavy (non-hydrogen) atoms. The largest absolute Gasteiger partial charge is 0.300 e. The third kappa shape index (κ3) is 2.51. The third-order valence-corrected chi connectivity index (χ3v) is 2.07. The molecule has 0 aliphatic heterocycles. The number of ketones is 1. The lowest BCUT2D eigenvalue weighted by Gasteiger charge is -2.16.